The van der Waals surface area contributed by atoms with Gasteiger partial charge < -0.3 is 4.90 Å². The first-order valence-corrected chi connectivity index (χ1v) is 9.10. The Morgan fingerprint density at radius 2 is 1.73 bits per heavy atom. The van der Waals surface area contributed by atoms with E-state index in [1.807, 2.05) is 0 Å². The molecule has 5 nitrogen and oxygen atoms in total. The molecule has 1 aromatic rings. The van der Waals surface area contributed by atoms with Gasteiger partial charge in [-0.2, -0.15) is 0 Å². The smallest absolute Gasteiger partial charge is 0.253 e. The van der Waals surface area contributed by atoms with Crippen LogP contribution in [0.15, 0.2) is 29.2 Å². The number of sulfonamides is 1. The molecule has 1 N–H and O–H groups in total. The van der Waals surface area contributed by atoms with Crippen molar-refractivity contribution in [3.63, 3.8) is 0 Å². The van der Waals surface area contributed by atoms with Gasteiger partial charge in [-0.05, 0) is 63.8 Å². The second kappa shape index (κ2) is 6.38. The van der Waals surface area contributed by atoms with Crippen molar-refractivity contribution >= 4 is 15.9 Å². The largest absolute Gasteiger partial charge is 0.339 e. The molecule has 0 bridgehead atoms. The van der Waals surface area contributed by atoms with E-state index in [0.717, 1.165) is 0 Å². The summed E-state index contributed by atoms with van der Waals surface area (Å²) in [5.41, 5.74) is 0.512. The summed E-state index contributed by atoms with van der Waals surface area (Å²) in [5.74, 6) is 0.531. The summed E-state index contributed by atoms with van der Waals surface area (Å²) in [6, 6.07) is 6.16. The molecule has 1 aliphatic rings. The Balaban J connectivity index is 2.12. The number of nitrogens with one attached hydrogen (secondary N) is 1. The fourth-order valence-corrected chi connectivity index (χ4v) is 3.69. The average Bonchev–Trinajstić information content (AvgIpc) is 3.28. The van der Waals surface area contributed by atoms with E-state index in [1.165, 1.54) is 25.0 Å². The number of benzene rings is 1. The molecule has 1 amide bonds. The quantitative estimate of drug-likeness (QED) is 0.873. The van der Waals surface area contributed by atoms with Crippen molar-refractivity contribution in [2.24, 2.45) is 5.92 Å². The highest BCUT2D eigenvalue weighted by Gasteiger charge is 2.32. The van der Waals surface area contributed by atoms with Gasteiger partial charge in [0.25, 0.3) is 5.91 Å². The van der Waals surface area contributed by atoms with E-state index in [2.05, 4.69) is 11.6 Å². The van der Waals surface area contributed by atoms with E-state index >= 15 is 0 Å². The Morgan fingerprint density at radius 1 is 1.18 bits per heavy atom. The van der Waals surface area contributed by atoms with Crippen LogP contribution < -0.4 is 4.72 Å². The van der Waals surface area contributed by atoms with Gasteiger partial charge in [-0.15, -0.1) is 0 Å². The van der Waals surface area contributed by atoms with Crippen LogP contribution in [0.25, 0.3) is 0 Å². The van der Waals surface area contributed by atoms with E-state index in [-0.39, 0.29) is 22.9 Å². The minimum absolute atomic E-state index is 0.0693. The number of nitrogens with zero attached hydrogens (tertiary/aromatic N) is 1. The van der Waals surface area contributed by atoms with Gasteiger partial charge in [-0.25, -0.2) is 13.1 Å². The molecule has 0 radical (unpaired) electrons. The van der Waals surface area contributed by atoms with Crippen LogP contribution >= 0.6 is 0 Å². The molecular weight excluding hydrogens is 300 g/mol. The Kier molecular flexibility index (Phi) is 4.92. The van der Waals surface area contributed by atoms with Crippen molar-refractivity contribution in [3.05, 3.63) is 29.8 Å². The molecule has 1 aromatic carbocycles. The maximum absolute atomic E-state index is 12.4. The fourth-order valence-electron chi connectivity index (χ4n) is 2.44. The summed E-state index contributed by atoms with van der Waals surface area (Å²) < 4.78 is 26.6. The van der Waals surface area contributed by atoms with Crippen LogP contribution in [-0.2, 0) is 10.0 Å². The van der Waals surface area contributed by atoms with Crippen LogP contribution in [0, 0.1) is 5.92 Å². The Labute approximate surface area is 132 Å². The van der Waals surface area contributed by atoms with Crippen molar-refractivity contribution in [2.45, 2.75) is 50.6 Å². The lowest BCUT2D eigenvalue weighted by molar-refractivity contribution is 0.0727. The first-order valence-electron chi connectivity index (χ1n) is 7.62. The summed E-state index contributed by atoms with van der Waals surface area (Å²) in [6.07, 6.45) is 2.35. The van der Waals surface area contributed by atoms with Crippen LogP contribution in [0.1, 0.15) is 44.0 Å². The predicted molar refractivity (Wildman–Crippen MR) is 86.2 cm³/mol. The molecule has 1 saturated carbocycles. The molecule has 0 aromatic heterocycles. The first-order chi connectivity index (χ1) is 10.2. The zero-order valence-corrected chi connectivity index (χ0v) is 14.4. The van der Waals surface area contributed by atoms with Crippen LogP contribution in [0.3, 0.4) is 0 Å². The summed E-state index contributed by atoms with van der Waals surface area (Å²) in [4.78, 5) is 14.3. The number of hydrogen-bond acceptors (Lipinski definition) is 3. The van der Waals surface area contributed by atoms with Gasteiger partial charge in [0.2, 0.25) is 10.0 Å². The van der Waals surface area contributed by atoms with Crippen LogP contribution in [0.4, 0.5) is 0 Å². The van der Waals surface area contributed by atoms with Gasteiger partial charge in [-0.3, -0.25) is 4.79 Å². The van der Waals surface area contributed by atoms with Gasteiger partial charge in [0.15, 0.2) is 0 Å². The summed E-state index contributed by atoms with van der Waals surface area (Å²) in [6.45, 7) is 5.59. The molecule has 0 unspecified atom stereocenters. The predicted octanol–water partition coefficient (Wildman–Crippen LogP) is 2.24. The van der Waals surface area contributed by atoms with E-state index in [0.29, 0.717) is 11.5 Å². The highest BCUT2D eigenvalue weighted by atomic mass is 32.2. The van der Waals surface area contributed by atoms with Gasteiger partial charge in [0.1, 0.15) is 0 Å². The second-order valence-electron chi connectivity index (χ2n) is 6.29. The molecule has 0 heterocycles. The molecular formula is C16H24N2O3S. The zero-order chi connectivity index (χ0) is 16.5. The SMILES string of the molecule is CC(C)NS(=O)(=O)c1ccc(C(=O)N(C)[C@H](C)C2CC2)cc1. The number of hydrogen-bond donors (Lipinski definition) is 1. The highest BCUT2D eigenvalue weighted by Crippen LogP contribution is 2.35. The molecule has 2 rings (SSSR count). The van der Waals surface area contributed by atoms with E-state index in [4.69, 9.17) is 0 Å². The molecule has 122 valence electrons. The maximum atomic E-state index is 12.4. The normalized spacial score (nSPS) is 16.6. The molecule has 22 heavy (non-hydrogen) atoms. The van der Waals surface area contributed by atoms with E-state index in [1.54, 1.807) is 37.9 Å². The Morgan fingerprint density at radius 3 is 2.18 bits per heavy atom. The monoisotopic (exact) mass is 324 g/mol. The van der Waals surface area contributed by atoms with Gasteiger partial charge in [-0.1, -0.05) is 0 Å². The topological polar surface area (TPSA) is 66.5 Å². The standard InChI is InChI=1S/C16H24N2O3S/c1-11(2)17-22(20,21)15-9-7-14(8-10-15)16(19)18(4)12(3)13-5-6-13/h7-13,17H,5-6H2,1-4H3/t12-/m1/s1. The van der Waals surface area contributed by atoms with Crippen molar-refractivity contribution in [1.29, 1.82) is 0 Å². The summed E-state index contributed by atoms with van der Waals surface area (Å²) >= 11 is 0. The highest BCUT2D eigenvalue weighted by molar-refractivity contribution is 7.89. The van der Waals surface area contributed by atoms with Crippen molar-refractivity contribution in [3.8, 4) is 0 Å². The van der Waals surface area contributed by atoms with Crippen molar-refractivity contribution < 1.29 is 13.2 Å². The van der Waals surface area contributed by atoms with Crippen LogP contribution in [0.2, 0.25) is 0 Å². The number of carbonyl (C=O) groups is 1. The van der Waals surface area contributed by atoms with Crippen molar-refractivity contribution in [2.75, 3.05) is 7.05 Å². The van der Waals surface area contributed by atoms with Gasteiger partial charge in [0, 0.05) is 24.7 Å². The molecule has 1 aliphatic carbocycles. The first kappa shape index (κ1) is 17.0. The minimum Gasteiger partial charge on any atom is -0.339 e. The van der Waals surface area contributed by atoms with Gasteiger partial charge in [0.05, 0.1) is 4.90 Å². The Bertz CT molecular complexity index is 634. The Hall–Kier alpha value is -1.40. The van der Waals surface area contributed by atoms with Crippen LogP contribution in [-0.4, -0.2) is 38.4 Å². The fraction of sp³-hybridized carbons (Fsp3) is 0.562. The lowest BCUT2D eigenvalue weighted by Gasteiger charge is -2.25. The van der Waals surface area contributed by atoms with Crippen LogP contribution in [0.5, 0.6) is 0 Å². The summed E-state index contributed by atoms with van der Waals surface area (Å²) in [7, 11) is -1.72. The molecule has 0 aliphatic heterocycles. The third-order valence-electron chi connectivity index (χ3n) is 4.04. The van der Waals surface area contributed by atoms with Gasteiger partial charge >= 0.3 is 0 Å². The lowest BCUT2D eigenvalue weighted by Crippen LogP contribution is -2.36. The third-order valence-corrected chi connectivity index (χ3v) is 5.71. The molecule has 1 fully saturated rings. The number of rotatable bonds is 6. The van der Waals surface area contributed by atoms with Crippen molar-refractivity contribution in [1.82, 2.24) is 9.62 Å². The zero-order valence-electron chi connectivity index (χ0n) is 13.5. The average molecular weight is 324 g/mol. The number of amides is 1. The van der Waals surface area contributed by atoms with E-state index in [9.17, 15) is 13.2 Å². The molecule has 6 heteroatoms. The molecule has 0 saturated heterocycles. The molecule has 1 atom stereocenters. The maximum Gasteiger partial charge on any atom is 0.253 e. The third kappa shape index (κ3) is 3.87. The number of carbonyl (C=O) groups excluding carboxylic acids is 1. The summed E-state index contributed by atoms with van der Waals surface area (Å²) in [5, 5.41) is 0. The molecule has 0 spiro atoms. The minimum atomic E-state index is -3.52. The lowest BCUT2D eigenvalue weighted by atomic mass is 10.1. The second-order valence-corrected chi connectivity index (χ2v) is 8.01. The van der Waals surface area contributed by atoms with E-state index < -0.39 is 10.0 Å².